The fourth-order valence-electron chi connectivity index (χ4n) is 2.46. The van der Waals surface area contributed by atoms with E-state index in [-0.39, 0.29) is 5.69 Å². The zero-order chi connectivity index (χ0) is 20.5. The highest BCUT2D eigenvalue weighted by Gasteiger charge is 2.30. The summed E-state index contributed by atoms with van der Waals surface area (Å²) >= 11 is 0. The van der Waals surface area contributed by atoms with E-state index in [2.05, 4.69) is 0 Å². The van der Waals surface area contributed by atoms with Crippen LogP contribution in [0.2, 0.25) is 0 Å². The van der Waals surface area contributed by atoms with Crippen molar-refractivity contribution in [2.75, 3.05) is 14.1 Å². The molecule has 0 aliphatic rings. The van der Waals surface area contributed by atoms with Crippen molar-refractivity contribution >= 4 is 17.7 Å². The highest BCUT2D eigenvalue weighted by Crippen LogP contribution is 2.11. The number of amides is 1. The number of carboxylic acids is 1. The number of carboxylic acid groups (broad SMARTS) is 1. The number of benzene rings is 1. The molecular formula is C17H16FN3O6. The quantitative estimate of drug-likeness (QED) is 0.736. The van der Waals surface area contributed by atoms with Crippen molar-refractivity contribution in [1.29, 1.82) is 0 Å². The summed E-state index contributed by atoms with van der Waals surface area (Å²) in [6.45, 7) is 1.06. The molecule has 1 aromatic carbocycles. The van der Waals surface area contributed by atoms with Crippen molar-refractivity contribution in [3.63, 3.8) is 0 Å². The van der Waals surface area contributed by atoms with Gasteiger partial charge in [0.25, 0.3) is 11.5 Å². The van der Waals surface area contributed by atoms with Crippen LogP contribution in [0.25, 0.3) is 5.69 Å². The summed E-state index contributed by atoms with van der Waals surface area (Å²) in [4.78, 5) is 62.2. The van der Waals surface area contributed by atoms with Gasteiger partial charge in [0.2, 0.25) is 0 Å². The van der Waals surface area contributed by atoms with Crippen LogP contribution < -0.4 is 11.2 Å². The van der Waals surface area contributed by atoms with Gasteiger partial charge in [-0.1, -0.05) is 0 Å². The van der Waals surface area contributed by atoms with Crippen LogP contribution in [0.15, 0.2) is 40.1 Å². The normalized spacial score (nSPS) is 11.7. The first-order chi connectivity index (χ1) is 12.6. The number of Topliss-reactive ketones (excluding diaryl/α,β-unsaturated/α-hetero) is 1. The molecule has 1 aromatic heterocycles. The van der Waals surface area contributed by atoms with Crippen molar-refractivity contribution in [2.45, 2.75) is 13.0 Å². The monoisotopic (exact) mass is 377 g/mol. The molecular weight excluding hydrogens is 361 g/mol. The fraction of sp³-hybridized carbons (Fsp3) is 0.235. The number of hydrogen-bond donors (Lipinski definition) is 1. The molecule has 0 aliphatic heterocycles. The maximum Gasteiger partial charge on any atom is 0.342 e. The molecule has 27 heavy (non-hydrogen) atoms. The Kier molecular flexibility index (Phi) is 5.39. The first kappa shape index (κ1) is 19.8. The van der Waals surface area contributed by atoms with Crippen molar-refractivity contribution in [3.05, 3.63) is 62.7 Å². The number of ketones is 1. The molecule has 9 nitrogen and oxygen atoms in total. The van der Waals surface area contributed by atoms with E-state index in [0.29, 0.717) is 15.3 Å². The Morgan fingerprint density at radius 2 is 1.67 bits per heavy atom. The maximum atomic E-state index is 13.2. The number of carbonyl (C=O) groups excluding carboxylic acids is 2. The van der Waals surface area contributed by atoms with Crippen LogP contribution in [-0.2, 0) is 9.59 Å². The summed E-state index contributed by atoms with van der Waals surface area (Å²) in [5.41, 5.74) is -3.21. The van der Waals surface area contributed by atoms with Crippen LogP contribution in [0, 0.1) is 5.82 Å². The van der Waals surface area contributed by atoms with E-state index in [1.807, 2.05) is 0 Å². The molecule has 2 aromatic rings. The lowest BCUT2D eigenvalue weighted by Gasteiger charge is -2.21. The Balaban J connectivity index is 2.91. The van der Waals surface area contributed by atoms with Gasteiger partial charge in [-0.3, -0.25) is 19.0 Å². The number of halogens is 1. The first-order valence-electron chi connectivity index (χ1n) is 7.65. The average molecular weight is 377 g/mol. The van der Waals surface area contributed by atoms with Crippen molar-refractivity contribution < 1.29 is 23.9 Å². The number of carbonyl (C=O) groups is 3. The Labute approximate surface area is 151 Å². The molecule has 0 fully saturated rings. The Morgan fingerprint density at radius 1 is 1.11 bits per heavy atom. The zero-order valence-corrected chi connectivity index (χ0v) is 14.7. The minimum absolute atomic E-state index is 0.108. The largest absolute Gasteiger partial charge is 0.477 e. The molecule has 1 unspecified atom stereocenters. The number of rotatable bonds is 5. The molecule has 0 bridgehead atoms. The molecule has 1 amide bonds. The molecule has 2 rings (SSSR count). The van der Waals surface area contributed by atoms with Crippen LogP contribution in [-0.4, -0.2) is 50.9 Å². The third kappa shape index (κ3) is 3.68. The lowest BCUT2D eigenvalue weighted by Crippen LogP contribution is -2.47. The van der Waals surface area contributed by atoms with E-state index < -0.39 is 46.3 Å². The summed E-state index contributed by atoms with van der Waals surface area (Å²) < 4.78 is 14.2. The molecule has 1 atom stereocenters. The van der Waals surface area contributed by atoms with Crippen molar-refractivity contribution in [3.8, 4) is 5.69 Å². The van der Waals surface area contributed by atoms with Crippen LogP contribution in [0.1, 0.15) is 23.3 Å². The topological polar surface area (TPSA) is 119 Å². The van der Waals surface area contributed by atoms with Gasteiger partial charge in [-0.05, 0) is 31.2 Å². The van der Waals surface area contributed by atoms with E-state index in [4.69, 9.17) is 0 Å². The summed E-state index contributed by atoms with van der Waals surface area (Å²) in [7, 11) is 2.72. The van der Waals surface area contributed by atoms with Gasteiger partial charge >= 0.3 is 11.7 Å². The molecule has 0 saturated carbocycles. The smallest absolute Gasteiger partial charge is 0.342 e. The molecule has 1 heterocycles. The standard InChI is InChI=1S/C17H16FN3O6/c1-9(22)13(15(24)19(2)3)20-8-12(16(25)26)14(23)21(17(20)27)11-6-4-10(18)5-7-11/h4-8,13H,1-3H3,(H,25,26). The number of hydrogen-bond acceptors (Lipinski definition) is 5. The molecule has 10 heteroatoms. The summed E-state index contributed by atoms with van der Waals surface area (Å²) in [6, 6.07) is 2.51. The first-order valence-corrected chi connectivity index (χ1v) is 7.65. The average Bonchev–Trinajstić information content (AvgIpc) is 2.57. The number of likely N-dealkylation sites (N-methyl/N-ethyl adjacent to an activating group) is 1. The summed E-state index contributed by atoms with van der Waals surface area (Å²) in [5, 5.41) is 9.30. The summed E-state index contributed by atoms with van der Waals surface area (Å²) in [5.74, 6) is -3.78. The lowest BCUT2D eigenvalue weighted by molar-refractivity contribution is -0.137. The minimum Gasteiger partial charge on any atom is -0.477 e. The molecule has 0 spiro atoms. The second-order valence-electron chi connectivity index (χ2n) is 5.90. The minimum atomic E-state index is -1.65. The molecule has 0 saturated heterocycles. The lowest BCUT2D eigenvalue weighted by atomic mass is 10.1. The van der Waals surface area contributed by atoms with Gasteiger partial charge in [0.15, 0.2) is 11.8 Å². The third-order valence-corrected chi connectivity index (χ3v) is 3.77. The fourth-order valence-corrected chi connectivity index (χ4v) is 2.46. The van der Waals surface area contributed by atoms with E-state index in [1.165, 1.54) is 14.1 Å². The molecule has 0 radical (unpaired) electrons. The van der Waals surface area contributed by atoms with Crippen LogP contribution in [0.3, 0.4) is 0 Å². The van der Waals surface area contributed by atoms with Gasteiger partial charge in [-0.2, -0.15) is 0 Å². The predicted molar refractivity (Wildman–Crippen MR) is 91.6 cm³/mol. The zero-order valence-electron chi connectivity index (χ0n) is 14.7. The van der Waals surface area contributed by atoms with Gasteiger partial charge in [-0.25, -0.2) is 18.5 Å². The van der Waals surface area contributed by atoms with Crippen molar-refractivity contribution in [2.24, 2.45) is 0 Å². The van der Waals surface area contributed by atoms with Crippen LogP contribution in [0.5, 0.6) is 0 Å². The second-order valence-corrected chi connectivity index (χ2v) is 5.90. The highest BCUT2D eigenvalue weighted by molar-refractivity contribution is 6.02. The number of aromatic carboxylic acids is 1. The maximum absolute atomic E-state index is 13.2. The van der Waals surface area contributed by atoms with Gasteiger partial charge in [0, 0.05) is 20.3 Å². The summed E-state index contributed by atoms with van der Waals surface area (Å²) in [6.07, 6.45) is 0.667. The van der Waals surface area contributed by atoms with E-state index in [9.17, 15) is 33.5 Å². The number of nitrogens with zero attached hydrogens (tertiary/aromatic N) is 3. The predicted octanol–water partition coefficient (Wildman–Crippen LogP) is 0.0548. The number of aromatic nitrogens is 2. The molecule has 142 valence electrons. The molecule has 0 aliphatic carbocycles. The van der Waals surface area contributed by atoms with E-state index >= 15 is 0 Å². The Bertz CT molecular complexity index is 1040. The van der Waals surface area contributed by atoms with Crippen molar-refractivity contribution in [1.82, 2.24) is 14.0 Å². The van der Waals surface area contributed by atoms with Crippen LogP contribution in [0.4, 0.5) is 4.39 Å². The molecule has 1 N–H and O–H groups in total. The van der Waals surface area contributed by atoms with E-state index in [0.717, 1.165) is 36.1 Å². The van der Waals surface area contributed by atoms with Gasteiger partial charge in [0.05, 0.1) is 5.69 Å². The Morgan fingerprint density at radius 3 is 2.11 bits per heavy atom. The van der Waals surface area contributed by atoms with Gasteiger partial charge in [-0.15, -0.1) is 0 Å². The third-order valence-electron chi connectivity index (χ3n) is 3.77. The SMILES string of the molecule is CC(=O)C(C(=O)N(C)C)n1cc(C(=O)O)c(=O)n(-c2ccc(F)cc2)c1=O. The van der Waals surface area contributed by atoms with Crippen LogP contribution >= 0.6 is 0 Å². The van der Waals surface area contributed by atoms with Gasteiger partial charge < -0.3 is 10.0 Å². The Hall–Kier alpha value is -3.56. The highest BCUT2D eigenvalue weighted by atomic mass is 19.1. The second kappa shape index (κ2) is 7.36. The van der Waals surface area contributed by atoms with E-state index in [1.54, 1.807) is 0 Å². The van der Waals surface area contributed by atoms with Gasteiger partial charge in [0.1, 0.15) is 11.4 Å².